The Morgan fingerprint density at radius 3 is 2.83 bits per heavy atom. The highest BCUT2D eigenvalue weighted by atomic mass is 16.5. The number of hydrogen-bond donors (Lipinski definition) is 1. The fourth-order valence-electron chi connectivity index (χ4n) is 2.59. The van der Waals surface area contributed by atoms with Gasteiger partial charge in [0.15, 0.2) is 0 Å². The molecule has 3 rings (SSSR count). The highest BCUT2D eigenvalue weighted by Crippen LogP contribution is 2.37. The molecule has 2 heteroatoms. The smallest absolute Gasteiger partial charge is 0.130 e. The second-order valence-electron chi connectivity index (χ2n) is 4.82. The van der Waals surface area contributed by atoms with Crippen molar-refractivity contribution in [3.8, 4) is 16.9 Å². The van der Waals surface area contributed by atoms with Crippen LogP contribution in [0.2, 0.25) is 0 Å². The number of hydrogen-bond acceptors (Lipinski definition) is 2. The van der Waals surface area contributed by atoms with Crippen LogP contribution in [0.15, 0.2) is 36.4 Å². The second-order valence-corrected chi connectivity index (χ2v) is 4.82. The molecule has 0 amide bonds. The topological polar surface area (TPSA) is 35.2 Å². The van der Waals surface area contributed by atoms with Gasteiger partial charge in [-0.15, -0.1) is 0 Å². The van der Waals surface area contributed by atoms with Gasteiger partial charge in [0.25, 0.3) is 0 Å². The van der Waals surface area contributed by atoms with Crippen molar-refractivity contribution in [1.82, 2.24) is 0 Å². The molecule has 1 heterocycles. The van der Waals surface area contributed by atoms with Gasteiger partial charge in [0.1, 0.15) is 5.75 Å². The summed E-state index contributed by atoms with van der Waals surface area (Å²) < 4.78 is 5.86. The fourth-order valence-corrected chi connectivity index (χ4v) is 2.59. The van der Waals surface area contributed by atoms with Crippen molar-refractivity contribution in [2.75, 3.05) is 12.3 Å². The molecule has 92 valence electrons. The third-order valence-corrected chi connectivity index (χ3v) is 3.47. The lowest BCUT2D eigenvalue weighted by Gasteiger charge is -2.21. The quantitative estimate of drug-likeness (QED) is 0.772. The maximum absolute atomic E-state index is 5.86. The maximum Gasteiger partial charge on any atom is 0.130 e. The molecule has 0 fully saturated rings. The summed E-state index contributed by atoms with van der Waals surface area (Å²) in [5.74, 6) is 1.05. The van der Waals surface area contributed by atoms with E-state index in [4.69, 9.17) is 10.5 Å². The summed E-state index contributed by atoms with van der Waals surface area (Å²) in [6.45, 7) is 2.91. The van der Waals surface area contributed by atoms with Gasteiger partial charge in [0, 0.05) is 11.3 Å². The number of rotatable bonds is 1. The van der Waals surface area contributed by atoms with Gasteiger partial charge in [-0.1, -0.05) is 24.3 Å². The Morgan fingerprint density at radius 1 is 1.11 bits per heavy atom. The Bertz CT molecular complexity index is 590. The van der Waals surface area contributed by atoms with Gasteiger partial charge in [-0.25, -0.2) is 0 Å². The van der Waals surface area contributed by atoms with Gasteiger partial charge < -0.3 is 10.5 Å². The van der Waals surface area contributed by atoms with Crippen molar-refractivity contribution in [3.05, 3.63) is 47.5 Å². The number of anilines is 1. The zero-order valence-corrected chi connectivity index (χ0v) is 10.6. The molecule has 0 aromatic heterocycles. The van der Waals surface area contributed by atoms with Crippen LogP contribution in [0.25, 0.3) is 11.1 Å². The lowest BCUT2D eigenvalue weighted by molar-refractivity contribution is 0.289. The Balaban J connectivity index is 2.17. The first-order chi connectivity index (χ1) is 8.75. The molecule has 18 heavy (non-hydrogen) atoms. The molecule has 0 aliphatic carbocycles. The zero-order chi connectivity index (χ0) is 12.5. The standard InChI is InChI=1S/C16H17NO/c1-11-10-13(17)7-8-14(11)15-6-2-4-12-5-3-9-18-16(12)15/h2,4,6-8,10H,3,5,9,17H2,1H3. The van der Waals surface area contributed by atoms with Crippen LogP contribution in [0.3, 0.4) is 0 Å². The summed E-state index contributed by atoms with van der Waals surface area (Å²) in [6.07, 6.45) is 2.22. The van der Waals surface area contributed by atoms with E-state index in [9.17, 15) is 0 Å². The van der Waals surface area contributed by atoms with Crippen LogP contribution in [-0.4, -0.2) is 6.61 Å². The predicted molar refractivity (Wildman–Crippen MR) is 74.8 cm³/mol. The highest BCUT2D eigenvalue weighted by Gasteiger charge is 2.16. The second kappa shape index (κ2) is 4.37. The molecule has 0 radical (unpaired) electrons. The van der Waals surface area contributed by atoms with Crippen molar-refractivity contribution in [2.45, 2.75) is 19.8 Å². The van der Waals surface area contributed by atoms with Gasteiger partial charge in [-0.3, -0.25) is 0 Å². The summed E-state index contributed by atoms with van der Waals surface area (Å²) >= 11 is 0. The molecule has 0 spiro atoms. The first-order valence-electron chi connectivity index (χ1n) is 6.37. The van der Waals surface area contributed by atoms with E-state index in [1.807, 2.05) is 12.1 Å². The molecular formula is C16H17NO. The van der Waals surface area contributed by atoms with Gasteiger partial charge in [0.2, 0.25) is 0 Å². The van der Waals surface area contributed by atoms with E-state index in [0.29, 0.717) is 0 Å². The zero-order valence-electron chi connectivity index (χ0n) is 10.6. The Hall–Kier alpha value is -1.96. The number of ether oxygens (including phenoxy) is 1. The fraction of sp³-hybridized carbons (Fsp3) is 0.250. The van der Waals surface area contributed by atoms with Crippen LogP contribution in [-0.2, 0) is 6.42 Å². The number of nitrogens with two attached hydrogens (primary N) is 1. The van der Waals surface area contributed by atoms with Crippen molar-refractivity contribution < 1.29 is 4.74 Å². The predicted octanol–water partition coefficient (Wildman–Crippen LogP) is 3.57. The normalized spacial score (nSPS) is 13.8. The summed E-state index contributed by atoms with van der Waals surface area (Å²) in [7, 11) is 0. The third kappa shape index (κ3) is 1.84. The minimum atomic E-state index is 0.807. The highest BCUT2D eigenvalue weighted by molar-refractivity contribution is 5.76. The van der Waals surface area contributed by atoms with Crippen LogP contribution in [0.1, 0.15) is 17.5 Å². The molecule has 1 aliphatic rings. The number of para-hydroxylation sites is 1. The van der Waals surface area contributed by atoms with Crippen LogP contribution in [0, 0.1) is 6.92 Å². The Labute approximate surface area is 107 Å². The third-order valence-electron chi connectivity index (χ3n) is 3.47. The van der Waals surface area contributed by atoms with E-state index in [1.54, 1.807) is 0 Å². The monoisotopic (exact) mass is 239 g/mol. The lowest BCUT2D eigenvalue weighted by Crippen LogP contribution is -2.09. The molecule has 0 saturated heterocycles. The molecule has 2 nitrogen and oxygen atoms in total. The maximum atomic E-state index is 5.86. The van der Waals surface area contributed by atoms with Crippen LogP contribution in [0.4, 0.5) is 5.69 Å². The van der Waals surface area contributed by atoms with E-state index < -0.39 is 0 Å². The van der Waals surface area contributed by atoms with E-state index >= 15 is 0 Å². The van der Waals surface area contributed by atoms with Crippen LogP contribution >= 0.6 is 0 Å². The Kier molecular flexibility index (Phi) is 2.71. The van der Waals surface area contributed by atoms with E-state index in [0.717, 1.165) is 30.9 Å². The van der Waals surface area contributed by atoms with E-state index in [1.165, 1.54) is 22.3 Å². The number of benzene rings is 2. The van der Waals surface area contributed by atoms with Crippen molar-refractivity contribution >= 4 is 5.69 Å². The van der Waals surface area contributed by atoms with Crippen molar-refractivity contribution in [1.29, 1.82) is 0 Å². The van der Waals surface area contributed by atoms with Crippen LogP contribution < -0.4 is 10.5 Å². The number of nitrogen functional groups attached to an aromatic ring is 1. The molecule has 2 aromatic rings. The van der Waals surface area contributed by atoms with Crippen molar-refractivity contribution in [2.24, 2.45) is 0 Å². The average molecular weight is 239 g/mol. The first-order valence-corrected chi connectivity index (χ1v) is 6.37. The largest absolute Gasteiger partial charge is 0.493 e. The number of fused-ring (bicyclic) bond motifs is 1. The average Bonchev–Trinajstić information content (AvgIpc) is 2.38. The molecule has 2 N–H and O–H groups in total. The van der Waals surface area contributed by atoms with Gasteiger partial charge in [-0.05, 0) is 48.6 Å². The molecule has 0 saturated carbocycles. The molecule has 0 atom stereocenters. The van der Waals surface area contributed by atoms with Gasteiger partial charge in [-0.2, -0.15) is 0 Å². The van der Waals surface area contributed by atoms with Crippen molar-refractivity contribution in [3.63, 3.8) is 0 Å². The molecular weight excluding hydrogens is 222 g/mol. The first kappa shape index (κ1) is 11.1. The van der Waals surface area contributed by atoms with E-state index in [2.05, 4.69) is 31.2 Å². The molecule has 1 aliphatic heterocycles. The summed E-state index contributed by atoms with van der Waals surface area (Å²) in [6, 6.07) is 12.4. The SMILES string of the molecule is Cc1cc(N)ccc1-c1cccc2c1OCCC2. The number of aryl methyl sites for hydroxylation is 2. The summed E-state index contributed by atoms with van der Waals surface area (Å²) in [5, 5.41) is 0. The lowest BCUT2D eigenvalue weighted by atomic mass is 9.95. The van der Waals surface area contributed by atoms with E-state index in [-0.39, 0.29) is 0 Å². The summed E-state index contributed by atoms with van der Waals surface area (Å²) in [4.78, 5) is 0. The minimum absolute atomic E-state index is 0.807. The minimum Gasteiger partial charge on any atom is -0.493 e. The molecule has 0 bridgehead atoms. The molecule has 0 unspecified atom stereocenters. The molecule has 2 aromatic carbocycles. The Morgan fingerprint density at radius 2 is 2.00 bits per heavy atom. The van der Waals surface area contributed by atoms with Crippen LogP contribution in [0.5, 0.6) is 5.75 Å². The van der Waals surface area contributed by atoms with Gasteiger partial charge in [0.05, 0.1) is 6.61 Å². The van der Waals surface area contributed by atoms with Gasteiger partial charge >= 0.3 is 0 Å². The summed E-state index contributed by atoms with van der Waals surface area (Å²) in [5.41, 5.74) is 11.5.